The topological polar surface area (TPSA) is 78.8 Å². The van der Waals surface area contributed by atoms with E-state index in [1.54, 1.807) is 19.1 Å². The highest BCUT2D eigenvalue weighted by Gasteiger charge is 2.29. The molecule has 1 N–H and O–H groups in total. The maximum Gasteiger partial charge on any atom is 0.264 e. The first kappa shape index (κ1) is 21.7. The number of nitrogens with one attached hydrogen (secondary N) is 1. The van der Waals surface area contributed by atoms with Crippen LogP contribution < -0.4 is 9.73 Å². The van der Waals surface area contributed by atoms with Crippen molar-refractivity contribution < 1.29 is 17.6 Å². The van der Waals surface area contributed by atoms with Crippen LogP contribution in [-0.4, -0.2) is 26.6 Å². The second kappa shape index (κ2) is 9.19. The minimum Gasteiger partial charge on any atom is -0.271 e. The molecule has 1 heterocycles. The van der Waals surface area contributed by atoms with Gasteiger partial charge in [-0.3, -0.25) is 9.10 Å². The summed E-state index contributed by atoms with van der Waals surface area (Å²) in [5, 5.41) is 5.89. The summed E-state index contributed by atoms with van der Waals surface area (Å²) in [4.78, 5) is 13.3. The lowest BCUT2D eigenvalue weighted by Gasteiger charge is -2.24. The van der Waals surface area contributed by atoms with E-state index in [9.17, 15) is 17.6 Å². The molecular formula is C21H20FN3O3S2. The number of para-hydroxylation sites is 1. The Labute approximate surface area is 178 Å². The smallest absolute Gasteiger partial charge is 0.264 e. The molecule has 0 atom stereocenters. The van der Waals surface area contributed by atoms with Crippen LogP contribution in [-0.2, 0) is 14.8 Å². The van der Waals surface area contributed by atoms with Crippen molar-refractivity contribution in [3.63, 3.8) is 0 Å². The molecule has 0 saturated carbocycles. The summed E-state index contributed by atoms with van der Waals surface area (Å²) in [5.74, 6) is -1.44. The second-order valence-electron chi connectivity index (χ2n) is 6.49. The molecule has 2 aromatic carbocycles. The van der Waals surface area contributed by atoms with Crippen molar-refractivity contribution >= 4 is 38.7 Å². The number of nitrogens with zero attached hydrogens (tertiary/aromatic N) is 2. The van der Waals surface area contributed by atoms with E-state index in [0.29, 0.717) is 5.71 Å². The molecule has 0 aliphatic heterocycles. The van der Waals surface area contributed by atoms with Gasteiger partial charge in [-0.1, -0.05) is 35.9 Å². The van der Waals surface area contributed by atoms with E-state index in [4.69, 9.17) is 0 Å². The van der Waals surface area contributed by atoms with Crippen molar-refractivity contribution in [2.24, 2.45) is 5.10 Å². The number of sulfonamides is 1. The van der Waals surface area contributed by atoms with Gasteiger partial charge in [0.1, 0.15) is 12.4 Å². The molecule has 0 aliphatic rings. The number of amides is 1. The van der Waals surface area contributed by atoms with Gasteiger partial charge in [-0.2, -0.15) is 5.10 Å². The van der Waals surface area contributed by atoms with E-state index < -0.39 is 28.3 Å². The van der Waals surface area contributed by atoms with Crippen molar-refractivity contribution in [2.45, 2.75) is 18.7 Å². The minimum absolute atomic E-state index is 0.0394. The molecule has 0 saturated heterocycles. The number of aryl methyl sites for hydroxylation is 1. The van der Waals surface area contributed by atoms with E-state index >= 15 is 0 Å². The van der Waals surface area contributed by atoms with Crippen LogP contribution in [0.2, 0.25) is 0 Å². The molecular weight excluding hydrogens is 425 g/mol. The van der Waals surface area contributed by atoms with Gasteiger partial charge in [0.25, 0.3) is 15.9 Å². The molecule has 0 fully saturated rings. The number of hydrogen-bond acceptors (Lipinski definition) is 5. The predicted octanol–water partition coefficient (Wildman–Crippen LogP) is 3.93. The Kier molecular flexibility index (Phi) is 6.63. The highest BCUT2D eigenvalue weighted by Crippen LogP contribution is 2.26. The SMILES string of the molecule is C/C(=N\NC(=O)CN(c1ccccc1F)S(=O)(=O)c1ccc(C)cc1)c1cccs1. The summed E-state index contributed by atoms with van der Waals surface area (Å²) in [7, 11) is -4.18. The number of benzene rings is 2. The van der Waals surface area contributed by atoms with Gasteiger partial charge in [-0.05, 0) is 49.6 Å². The molecule has 30 heavy (non-hydrogen) atoms. The zero-order chi connectivity index (χ0) is 21.7. The summed E-state index contributed by atoms with van der Waals surface area (Å²) in [5.41, 5.74) is 3.59. The summed E-state index contributed by atoms with van der Waals surface area (Å²) in [6, 6.07) is 15.3. The second-order valence-corrected chi connectivity index (χ2v) is 9.30. The Morgan fingerprint density at radius 2 is 1.80 bits per heavy atom. The lowest BCUT2D eigenvalue weighted by Crippen LogP contribution is -2.40. The third kappa shape index (κ3) is 4.92. The van der Waals surface area contributed by atoms with E-state index in [0.717, 1.165) is 20.8 Å². The number of carbonyl (C=O) groups excluding carboxylic acids is 1. The van der Waals surface area contributed by atoms with Gasteiger partial charge in [-0.25, -0.2) is 18.2 Å². The van der Waals surface area contributed by atoms with E-state index in [1.807, 2.05) is 24.4 Å². The molecule has 9 heteroatoms. The van der Waals surface area contributed by atoms with Gasteiger partial charge in [0, 0.05) is 4.88 Å². The van der Waals surface area contributed by atoms with Crippen LogP contribution in [0, 0.1) is 12.7 Å². The van der Waals surface area contributed by atoms with E-state index in [2.05, 4.69) is 10.5 Å². The largest absolute Gasteiger partial charge is 0.271 e. The van der Waals surface area contributed by atoms with Gasteiger partial charge in [0.2, 0.25) is 0 Å². The number of thiophene rings is 1. The van der Waals surface area contributed by atoms with E-state index in [1.165, 1.54) is 41.7 Å². The van der Waals surface area contributed by atoms with Gasteiger partial charge in [0.15, 0.2) is 0 Å². The molecule has 6 nitrogen and oxygen atoms in total. The minimum atomic E-state index is -4.18. The fourth-order valence-corrected chi connectivity index (χ4v) is 4.75. The van der Waals surface area contributed by atoms with Crippen molar-refractivity contribution in [3.8, 4) is 0 Å². The Morgan fingerprint density at radius 1 is 1.10 bits per heavy atom. The first-order valence-corrected chi connectivity index (χ1v) is 11.3. The van der Waals surface area contributed by atoms with Crippen LogP contribution in [0.15, 0.2) is 76.0 Å². The lowest BCUT2D eigenvalue weighted by atomic mass is 10.2. The molecule has 0 radical (unpaired) electrons. The normalized spacial score (nSPS) is 11.9. The quantitative estimate of drug-likeness (QED) is 0.442. The monoisotopic (exact) mass is 445 g/mol. The molecule has 0 spiro atoms. The number of halogens is 1. The number of rotatable bonds is 7. The third-order valence-electron chi connectivity index (χ3n) is 4.24. The van der Waals surface area contributed by atoms with Crippen LogP contribution in [0.1, 0.15) is 17.4 Å². The maximum absolute atomic E-state index is 14.4. The average Bonchev–Trinajstić information content (AvgIpc) is 3.26. The fraction of sp³-hybridized carbons (Fsp3) is 0.143. The molecule has 1 amide bonds. The zero-order valence-corrected chi connectivity index (χ0v) is 18.0. The van der Waals surface area contributed by atoms with Gasteiger partial charge < -0.3 is 0 Å². The zero-order valence-electron chi connectivity index (χ0n) is 16.4. The Balaban J connectivity index is 1.90. The van der Waals surface area contributed by atoms with Gasteiger partial charge in [-0.15, -0.1) is 11.3 Å². The Hall–Kier alpha value is -3.04. The van der Waals surface area contributed by atoms with Crippen molar-refractivity contribution in [3.05, 3.63) is 82.3 Å². The Morgan fingerprint density at radius 3 is 2.43 bits per heavy atom. The van der Waals surface area contributed by atoms with Crippen molar-refractivity contribution in [1.29, 1.82) is 0 Å². The molecule has 156 valence electrons. The maximum atomic E-state index is 14.4. The summed E-state index contributed by atoms with van der Waals surface area (Å²) < 4.78 is 41.6. The van der Waals surface area contributed by atoms with Crippen LogP contribution in [0.4, 0.5) is 10.1 Å². The number of hydrazone groups is 1. The van der Waals surface area contributed by atoms with Crippen LogP contribution >= 0.6 is 11.3 Å². The van der Waals surface area contributed by atoms with Gasteiger partial charge in [0.05, 0.1) is 16.3 Å². The van der Waals surface area contributed by atoms with Crippen LogP contribution in [0.3, 0.4) is 0 Å². The molecule has 0 unspecified atom stereocenters. The number of anilines is 1. The molecule has 0 bridgehead atoms. The summed E-state index contributed by atoms with van der Waals surface area (Å²) in [6.45, 7) is 2.93. The fourth-order valence-electron chi connectivity index (χ4n) is 2.64. The lowest BCUT2D eigenvalue weighted by molar-refractivity contribution is -0.119. The standard InChI is InChI=1S/C21H20FN3O3S2/c1-15-9-11-17(12-10-15)30(27,28)25(19-7-4-3-6-18(19)22)14-21(26)24-23-16(2)20-8-5-13-29-20/h3-13H,14H2,1-2H3,(H,24,26)/b23-16+. The highest BCUT2D eigenvalue weighted by molar-refractivity contribution is 7.92. The third-order valence-corrected chi connectivity index (χ3v) is 7.00. The number of hydrogen-bond donors (Lipinski definition) is 1. The first-order chi connectivity index (χ1) is 14.3. The Bertz CT molecular complexity index is 1160. The van der Waals surface area contributed by atoms with Crippen molar-refractivity contribution in [2.75, 3.05) is 10.8 Å². The molecule has 3 rings (SSSR count). The predicted molar refractivity (Wildman–Crippen MR) is 117 cm³/mol. The average molecular weight is 446 g/mol. The van der Waals surface area contributed by atoms with Crippen LogP contribution in [0.25, 0.3) is 0 Å². The van der Waals surface area contributed by atoms with Crippen molar-refractivity contribution in [1.82, 2.24) is 5.43 Å². The molecule has 3 aromatic rings. The number of carbonyl (C=O) groups is 1. The molecule has 0 aliphatic carbocycles. The molecule has 1 aromatic heterocycles. The van der Waals surface area contributed by atoms with Gasteiger partial charge >= 0.3 is 0 Å². The highest BCUT2D eigenvalue weighted by atomic mass is 32.2. The summed E-state index contributed by atoms with van der Waals surface area (Å²) >= 11 is 1.46. The van der Waals surface area contributed by atoms with Crippen LogP contribution in [0.5, 0.6) is 0 Å². The summed E-state index contributed by atoms with van der Waals surface area (Å²) in [6.07, 6.45) is 0. The first-order valence-electron chi connectivity index (χ1n) is 9.00. The van der Waals surface area contributed by atoms with E-state index in [-0.39, 0.29) is 10.6 Å².